The molecule has 0 aliphatic heterocycles. The van der Waals surface area contributed by atoms with E-state index in [4.69, 9.17) is 22.1 Å². The Hall–Kier alpha value is -1.29. The molecule has 0 saturated carbocycles. The van der Waals surface area contributed by atoms with Gasteiger partial charge in [0.1, 0.15) is 5.15 Å². The van der Waals surface area contributed by atoms with E-state index in [1.54, 1.807) is 0 Å². The van der Waals surface area contributed by atoms with Crippen molar-refractivity contribution in [2.45, 2.75) is 26.2 Å². The van der Waals surface area contributed by atoms with Crippen LogP contribution >= 0.6 is 11.6 Å². The van der Waals surface area contributed by atoms with E-state index in [9.17, 15) is 4.79 Å². The van der Waals surface area contributed by atoms with Crippen LogP contribution in [0.15, 0.2) is 12.3 Å². The number of unbranched alkanes of at least 4 members (excludes halogenated alkanes) is 2. The van der Waals surface area contributed by atoms with E-state index < -0.39 is 5.97 Å². The summed E-state index contributed by atoms with van der Waals surface area (Å²) in [6.45, 7) is 2.48. The number of pyridine rings is 1. The topological polar surface area (TPSA) is 65.2 Å². The number of hydrogen-bond acceptors (Lipinski definition) is 4. The van der Waals surface area contributed by atoms with Crippen LogP contribution in [0, 0.1) is 0 Å². The van der Waals surface area contributed by atoms with Crippen LogP contribution in [-0.2, 0) is 4.74 Å². The minimum Gasteiger partial charge on any atom is -0.462 e. The Morgan fingerprint density at radius 3 is 3.00 bits per heavy atom. The van der Waals surface area contributed by atoms with Gasteiger partial charge in [0.2, 0.25) is 0 Å². The second-order valence-corrected chi connectivity index (χ2v) is 3.81. The van der Waals surface area contributed by atoms with Crippen LogP contribution in [0.1, 0.15) is 36.5 Å². The van der Waals surface area contributed by atoms with Crippen molar-refractivity contribution >= 4 is 23.3 Å². The molecule has 1 heterocycles. The average molecular weight is 243 g/mol. The van der Waals surface area contributed by atoms with Crippen molar-refractivity contribution in [3.8, 4) is 0 Å². The van der Waals surface area contributed by atoms with Crippen LogP contribution in [0.4, 0.5) is 5.69 Å². The number of carbonyl (C=O) groups excluding carboxylic acids is 1. The third kappa shape index (κ3) is 3.70. The molecule has 0 amide bonds. The quantitative estimate of drug-likeness (QED) is 0.490. The molecule has 1 rings (SSSR count). The van der Waals surface area contributed by atoms with Gasteiger partial charge < -0.3 is 10.5 Å². The smallest absolute Gasteiger partial charge is 0.341 e. The Morgan fingerprint density at radius 2 is 2.31 bits per heavy atom. The molecule has 2 N–H and O–H groups in total. The summed E-state index contributed by atoms with van der Waals surface area (Å²) in [5.41, 5.74) is 6.13. The average Bonchev–Trinajstić information content (AvgIpc) is 2.27. The molecule has 0 fully saturated rings. The first-order valence-electron chi connectivity index (χ1n) is 5.23. The number of aromatic nitrogens is 1. The van der Waals surface area contributed by atoms with Gasteiger partial charge in [-0.05, 0) is 12.5 Å². The molecule has 1 aromatic heterocycles. The molecule has 0 aliphatic carbocycles. The summed E-state index contributed by atoms with van der Waals surface area (Å²) in [7, 11) is 0. The highest BCUT2D eigenvalue weighted by molar-refractivity contribution is 6.32. The van der Waals surface area contributed by atoms with E-state index >= 15 is 0 Å². The molecule has 0 radical (unpaired) electrons. The normalized spacial score (nSPS) is 10.1. The summed E-state index contributed by atoms with van der Waals surface area (Å²) >= 11 is 5.76. The van der Waals surface area contributed by atoms with Crippen LogP contribution in [0.5, 0.6) is 0 Å². The highest BCUT2D eigenvalue weighted by atomic mass is 35.5. The molecule has 1 aromatic rings. The van der Waals surface area contributed by atoms with Crippen molar-refractivity contribution in [3.05, 3.63) is 23.0 Å². The highest BCUT2D eigenvalue weighted by Crippen LogP contribution is 2.16. The Kier molecular flexibility index (Phi) is 5.05. The predicted octanol–water partition coefficient (Wildman–Crippen LogP) is 2.66. The van der Waals surface area contributed by atoms with E-state index in [1.165, 1.54) is 12.3 Å². The summed E-state index contributed by atoms with van der Waals surface area (Å²) in [6, 6.07) is 1.47. The third-order valence-corrected chi connectivity index (χ3v) is 2.36. The second kappa shape index (κ2) is 6.33. The largest absolute Gasteiger partial charge is 0.462 e. The number of nitrogens with zero attached hydrogens (tertiary/aromatic N) is 1. The van der Waals surface area contributed by atoms with Gasteiger partial charge in [0.25, 0.3) is 0 Å². The van der Waals surface area contributed by atoms with E-state index in [2.05, 4.69) is 11.9 Å². The molecular weight excluding hydrogens is 228 g/mol. The van der Waals surface area contributed by atoms with Crippen molar-refractivity contribution in [1.29, 1.82) is 0 Å². The minimum absolute atomic E-state index is 0.120. The third-order valence-electron chi connectivity index (χ3n) is 2.06. The van der Waals surface area contributed by atoms with Crippen molar-refractivity contribution in [3.63, 3.8) is 0 Å². The Labute approximate surface area is 99.8 Å². The molecule has 0 saturated heterocycles. The lowest BCUT2D eigenvalue weighted by molar-refractivity contribution is 0.0498. The fraction of sp³-hybridized carbons (Fsp3) is 0.455. The van der Waals surface area contributed by atoms with Gasteiger partial charge in [0, 0.05) is 0 Å². The van der Waals surface area contributed by atoms with E-state index in [0.717, 1.165) is 19.3 Å². The maximum absolute atomic E-state index is 11.6. The lowest BCUT2D eigenvalue weighted by atomic mass is 10.2. The molecule has 88 valence electrons. The fourth-order valence-corrected chi connectivity index (χ4v) is 1.38. The molecule has 16 heavy (non-hydrogen) atoms. The molecule has 0 unspecified atom stereocenters. The zero-order valence-corrected chi connectivity index (χ0v) is 9.96. The lowest BCUT2D eigenvalue weighted by Gasteiger charge is -2.05. The maximum Gasteiger partial charge on any atom is 0.341 e. The zero-order chi connectivity index (χ0) is 12.0. The summed E-state index contributed by atoms with van der Waals surface area (Å²) < 4.78 is 5.05. The van der Waals surface area contributed by atoms with Crippen molar-refractivity contribution in [1.82, 2.24) is 4.98 Å². The number of hydrogen-bond donors (Lipinski definition) is 1. The Balaban J connectivity index is 2.55. The van der Waals surface area contributed by atoms with Crippen LogP contribution in [0.25, 0.3) is 0 Å². The molecular formula is C11H15ClN2O2. The molecule has 5 heteroatoms. The van der Waals surface area contributed by atoms with Crippen molar-refractivity contribution in [2.24, 2.45) is 0 Å². The second-order valence-electron chi connectivity index (χ2n) is 3.45. The van der Waals surface area contributed by atoms with Crippen LogP contribution in [0.2, 0.25) is 5.15 Å². The Bertz CT molecular complexity index is 369. The molecule has 0 bridgehead atoms. The number of nitrogen functional groups attached to an aromatic ring is 1. The van der Waals surface area contributed by atoms with Gasteiger partial charge in [-0.2, -0.15) is 0 Å². The number of carbonyl (C=O) groups is 1. The Morgan fingerprint density at radius 1 is 1.56 bits per heavy atom. The van der Waals surface area contributed by atoms with Gasteiger partial charge in [-0.1, -0.05) is 31.4 Å². The maximum atomic E-state index is 11.6. The summed E-state index contributed by atoms with van der Waals surface area (Å²) in [4.78, 5) is 15.4. The lowest BCUT2D eigenvalue weighted by Crippen LogP contribution is -2.08. The van der Waals surface area contributed by atoms with Gasteiger partial charge in [0.05, 0.1) is 24.1 Å². The number of halogens is 1. The standard InChI is InChI=1S/C11H15ClN2O2/c1-2-3-4-5-16-11(15)9-6-8(13)7-14-10(9)12/h6-7H,2-5,13H2,1H3. The SMILES string of the molecule is CCCCCOC(=O)c1cc(N)cnc1Cl. The molecule has 0 spiro atoms. The minimum atomic E-state index is -0.471. The highest BCUT2D eigenvalue weighted by Gasteiger charge is 2.12. The first kappa shape index (κ1) is 12.8. The number of anilines is 1. The molecule has 0 aliphatic rings. The molecule has 0 aromatic carbocycles. The summed E-state index contributed by atoms with van der Waals surface area (Å²) in [5.74, 6) is -0.471. The van der Waals surface area contributed by atoms with Gasteiger partial charge in [-0.3, -0.25) is 0 Å². The van der Waals surface area contributed by atoms with E-state index in [-0.39, 0.29) is 10.7 Å². The number of nitrogens with two attached hydrogens (primary N) is 1. The molecule has 0 atom stereocenters. The monoisotopic (exact) mass is 242 g/mol. The van der Waals surface area contributed by atoms with Gasteiger partial charge in [-0.15, -0.1) is 0 Å². The summed E-state index contributed by atoms with van der Waals surface area (Å²) in [6.07, 6.45) is 4.38. The first-order valence-corrected chi connectivity index (χ1v) is 5.61. The predicted molar refractivity (Wildman–Crippen MR) is 63.5 cm³/mol. The summed E-state index contributed by atoms with van der Waals surface area (Å²) in [5, 5.41) is 0.120. The number of ether oxygens (including phenoxy) is 1. The van der Waals surface area contributed by atoms with Gasteiger partial charge in [-0.25, -0.2) is 9.78 Å². The fourth-order valence-electron chi connectivity index (χ4n) is 1.20. The van der Waals surface area contributed by atoms with Crippen molar-refractivity contribution in [2.75, 3.05) is 12.3 Å². The van der Waals surface area contributed by atoms with Crippen LogP contribution in [0.3, 0.4) is 0 Å². The van der Waals surface area contributed by atoms with E-state index in [1.807, 2.05) is 0 Å². The number of esters is 1. The number of rotatable bonds is 5. The zero-order valence-electron chi connectivity index (χ0n) is 9.20. The van der Waals surface area contributed by atoms with E-state index in [0.29, 0.717) is 12.3 Å². The van der Waals surface area contributed by atoms with Crippen LogP contribution in [-0.4, -0.2) is 17.6 Å². The van der Waals surface area contributed by atoms with Crippen LogP contribution < -0.4 is 5.73 Å². The van der Waals surface area contributed by atoms with Crippen molar-refractivity contribution < 1.29 is 9.53 Å². The first-order chi connectivity index (χ1) is 7.65. The van der Waals surface area contributed by atoms with Gasteiger partial charge in [0.15, 0.2) is 0 Å². The van der Waals surface area contributed by atoms with Gasteiger partial charge >= 0.3 is 5.97 Å². The molecule has 4 nitrogen and oxygen atoms in total.